The number of fused-ring (bicyclic) bond motifs is 1. The quantitative estimate of drug-likeness (QED) is 0.851. The predicted octanol–water partition coefficient (Wildman–Crippen LogP) is 2.06. The topological polar surface area (TPSA) is 59.3 Å². The minimum atomic E-state index is -3.30. The molecule has 0 aromatic heterocycles. The first-order valence-corrected chi connectivity index (χ1v) is 6.32. The molecule has 5 heteroatoms. The fraction of sp³-hybridized carbons (Fsp3) is 0.200. The smallest absolute Gasteiger partial charge is 0.232 e. The van der Waals surface area contributed by atoms with Crippen molar-refractivity contribution in [2.24, 2.45) is 0 Å². The zero-order chi connectivity index (χ0) is 11.1. The molecule has 0 fully saturated rings. The Morgan fingerprint density at radius 1 is 1.33 bits per heavy atom. The molecule has 0 atom stereocenters. The molecular formula is C10H11NO3S. The van der Waals surface area contributed by atoms with Crippen LogP contribution < -0.4 is 4.72 Å². The van der Waals surface area contributed by atoms with Gasteiger partial charge in [0.05, 0.1) is 6.26 Å². The molecule has 1 aliphatic heterocycles. The predicted molar refractivity (Wildman–Crippen MR) is 58.5 cm³/mol. The van der Waals surface area contributed by atoms with Crippen molar-refractivity contribution in [1.29, 1.82) is 0 Å². The van der Waals surface area contributed by atoms with E-state index in [0.29, 0.717) is 5.76 Å². The van der Waals surface area contributed by atoms with Gasteiger partial charge in [0.15, 0.2) is 0 Å². The number of hydrogen-bond acceptors (Lipinski definition) is 3. The van der Waals surface area contributed by atoms with E-state index in [2.05, 4.69) is 4.72 Å². The van der Waals surface area contributed by atoms with Crippen LogP contribution in [-0.2, 0) is 10.0 Å². The molecule has 0 unspecified atom stereocenters. The van der Waals surface area contributed by atoms with E-state index in [0.717, 1.165) is 17.4 Å². The summed E-state index contributed by atoms with van der Waals surface area (Å²) in [6.07, 6.45) is 1.09. The third kappa shape index (κ3) is 2.12. The zero-order valence-corrected chi connectivity index (χ0v) is 9.26. The highest BCUT2D eigenvalue weighted by Gasteiger charge is 2.12. The number of hydrogen-bond donors (Lipinski definition) is 1. The van der Waals surface area contributed by atoms with Crippen LogP contribution in [0.15, 0.2) is 28.7 Å². The molecule has 0 saturated heterocycles. The molecule has 15 heavy (non-hydrogen) atoms. The molecule has 0 spiro atoms. The van der Waals surface area contributed by atoms with Gasteiger partial charge in [0.25, 0.3) is 0 Å². The molecular weight excluding hydrogens is 214 g/mol. The van der Waals surface area contributed by atoms with Gasteiger partial charge in [0.2, 0.25) is 15.9 Å². The number of rotatable bonds is 2. The maximum atomic E-state index is 11.1. The molecule has 0 aromatic rings. The van der Waals surface area contributed by atoms with Gasteiger partial charge in [0, 0.05) is 11.1 Å². The van der Waals surface area contributed by atoms with Crippen LogP contribution in [-0.4, -0.2) is 14.7 Å². The number of anilines is 1. The second-order valence-electron chi connectivity index (χ2n) is 3.48. The Bertz CT molecular complexity index is 556. The Labute approximate surface area is 88.3 Å². The van der Waals surface area contributed by atoms with Crippen molar-refractivity contribution < 1.29 is 12.8 Å². The second-order valence-corrected chi connectivity index (χ2v) is 5.23. The highest BCUT2D eigenvalue weighted by Crippen LogP contribution is 2.29. The summed E-state index contributed by atoms with van der Waals surface area (Å²) in [6, 6.07) is 7.45. The lowest BCUT2D eigenvalue weighted by atomic mass is 10.2. The molecule has 2 rings (SSSR count). The first-order chi connectivity index (χ1) is 6.96. The third-order valence-corrected chi connectivity index (χ3v) is 2.58. The van der Waals surface area contributed by atoms with Gasteiger partial charge in [-0.3, -0.25) is 4.72 Å². The lowest BCUT2D eigenvalue weighted by molar-refractivity contribution is 0.575. The Morgan fingerprint density at radius 3 is 2.73 bits per heavy atom. The lowest BCUT2D eigenvalue weighted by Gasteiger charge is -2.08. The van der Waals surface area contributed by atoms with E-state index in [4.69, 9.17) is 4.42 Å². The highest BCUT2D eigenvalue weighted by molar-refractivity contribution is 7.92. The Hall–Kier alpha value is -1.49. The van der Waals surface area contributed by atoms with Crippen LogP contribution in [0.25, 0.3) is 11.3 Å². The summed E-state index contributed by atoms with van der Waals surface area (Å²) >= 11 is 0. The maximum Gasteiger partial charge on any atom is 0.232 e. The number of aryl methyl sites for hydroxylation is 1. The fourth-order valence-corrected chi connectivity index (χ4v) is 1.93. The van der Waals surface area contributed by atoms with Gasteiger partial charge in [0.1, 0.15) is 5.76 Å². The molecule has 2 aliphatic rings. The van der Waals surface area contributed by atoms with Crippen molar-refractivity contribution >= 4 is 15.9 Å². The minimum Gasteiger partial charge on any atom is -0.439 e. The summed E-state index contributed by atoms with van der Waals surface area (Å²) < 4.78 is 29.9. The Balaban J connectivity index is 2.52. The number of sulfonamides is 1. The monoisotopic (exact) mass is 225 g/mol. The van der Waals surface area contributed by atoms with Gasteiger partial charge in [-0.25, -0.2) is 8.42 Å². The van der Waals surface area contributed by atoms with Gasteiger partial charge < -0.3 is 4.42 Å². The van der Waals surface area contributed by atoms with Crippen molar-refractivity contribution in [2.75, 3.05) is 11.0 Å². The third-order valence-electron chi connectivity index (χ3n) is 2.03. The van der Waals surface area contributed by atoms with Crippen LogP contribution in [0.2, 0.25) is 0 Å². The average molecular weight is 225 g/mol. The molecule has 1 heterocycles. The lowest BCUT2D eigenvalue weighted by Crippen LogP contribution is -2.10. The molecule has 4 nitrogen and oxygen atoms in total. The fourth-order valence-electron chi connectivity index (χ4n) is 1.39. The summed E-state index contributed by atoms with van der Waals surface area (Å²) in [6.45, 7) is 1.80. The van der Waals surface area contributed by atoms with E-state index in [-0.39, 0.29) is 5.88 Å². The Kier molecular flexibility index (Phi) is 2.19. The molecule has 0 amide bonds. The van der Waals surface area contributed by atoms with E-state index in [1.165, 1.54) is 0 Å². The largest absolute Gasteiger partial charge is 0.439 e. The van der Waals surface area contributed by atoms with E-state index in [9.17, 15) is 8.42 Å². The average Bonchev–Trinajstić information content (AvgIpc) is 2.49. The second kappa shape index (κ2) is 3.27. The van der Waals surface area contributed by atoms with Gasteiger partial charge in [-0.2, -0.15) is 0 Å². The van der Waals surface area contributed by atoms with Crippen LogP contribution >= 0.6 is 0 Å². The summed E-state index contributed by atoms with van der Waals surface area (Å²) in [5, 5.41) is 0. The molecule has 1 N–H and O–H groups in total. The number of nitrogens with one attached hydrogen (secondary N) is 1. The highest BCUT2D eigenvalue weighted by atomic mass is 32.2. The van der Waals surface area contributed by atoms with E-state index in [1.807, 2.05) is 18.2 Å². The van der Waals surface area contributed by atoms with Gasteiger partial charge in [-0.05, 0) is 19.1 Å². The van der Waals surface area contributed by atoms with Crippen LogP contribution in [0.5, 0.6) is 0 Å². The van der Waals surface area contributed by atoms with Crippen LogP contribution in [0.3, 0.4) is 0 Å². The zero-order valence-electron chi connectivity index (χ0n) is 8.44. The molecule has 80 valence electrons. The summed E-state index contributed by atoms with van der Waals surface area (Å²) in [5.41, 5.74) is 1.73. The van der Waals surface area contributed by atoms with Crippen molar-refractivity contribution in [1.82, 2.24) is 0 Å². The summed E-state index contributed by atoms with van der Waals surface area (Å²) in [5.74, 6) is 0.947. The van der Waals surface area contributed by atoms with E-state index in [1.54, 1.807) is 13.0 Å². The van der Waals surface area contributed by atoms with Crippen LogP contribution in [0.1, 0.15) is 5.56 Å². The van der Waals surface area contributed by atoms with Gasteiger partial charge in [-0.15, -0.1) is 0 Å². The molecule has 1 aliphatic carbocycles. The summed E-state index contributed by atoms with van der Waals surface area (Å²) in [4.78, 5) is 0. The molecule has 0 saturated carbocycles. The van der Waals surface area contributed by atoms with Crippen molar-refractivity contribution in [3.63, 3.8) is 0 Å². The molecule has 0 bridgehead atoms. The first kappa shape index (κ1) is 10.0. The van der Waals surface area contributed by atoms with Crippen molar-refractivity contribution in [3.8, 4) is 11.3 Å². The summed E-state index contributed by atoms with van der Waals surface area (Å²) in [7, 11) is -3.30. The van der Waals surface area contributed by atoms with Crippen LogP contribution in [0.4, 0.5) is 5.88 Å². The SMILES string of the molecule is Cc1cc2cccc-2oc1NS(C)(=O)=O. The van der Waals surface area contributed by atoms with Gasteiger partial charge in [-0.1, -0.05) is 12.1 Å². The molecule has 0 aromatic carbocycles. The standard InChI is InChI=1S/C10H11NO3S/c1-7-6-8-4-3-5-9(8)14-10(7)11-15(2,12)13/h3-6,11H,1-2H3. The maximum absolute atomic E-state index is 11.1. The molecule has 0 radical (unpaired) electrons. The van der Waals surface area contributed by atoms with E-state index < -0.39 is 10.0 Å². The van der Waals surface area contributed by atoms with Crippen molar-refractivity contribution in [3.05, 3.63) is 29.8 Å². The van der Waals surface area contributed by atoms with Crippen LogP contribution in [0, 0.1) is 6.92 Å². The normalized spacial score (nSPS) is 11.9. The minimum absolute atomic E-state index is 0.274. The van der Waals surface area contributed by atoms with Gasteiger partial charge >= 0.3 is 0 Å². The Morgan fingerprint density at radius 2 is 2.07 bits per heavy atom. The van der Waals surface area contributed by atoms with E-state index >= 15 is 0 Å². The first-order valence-electron chi connectivity index (χ1n) is 4.43. The van der Waals surface area contributed by atoms with Crippen molar-refractivity contribution in [2.45, 2.75) is 6.92 Å².